The fourth-order valence-electron chi connectivity index (χ4n) is 3.73. The molecule has 0 atom stereocenters. The fraction of sp³-hybridized carbons (Fsp3) is 0.333. The molecule has 0 unspecified atom stereocenters. The number of benzene rings is 2. The molecule has 0 radical (unpaired) electrons. The SMILES string of the molecule is COC(=O)c1[nH]nnc1OC1CCC(c2ccc(OC(F)(F)F)cc2)CC1.O=C(O)c1ccccc1. The Morgan fingerprint density at radius 2 is 1.64 bits per heavy atom. The van der Waals surface area contributed by atoms with Crippen LogP contribution in [0.2, 0.25) is 0 Å². The van der Waals surface area contributed by atoms with Crippen molar-refractivity contribution < 1.29 is 42.1 Å². The minimum absolute atomic E-state index is 0.0693. The second-order valence-electron chi connectivity index (χ2n) is 7.86. The lowest BCUT2D eigenvalue weighted by molar-refractivity contribution is -0.274. The number of rotatable bonds is 6. The Balaban J connectivity index is 0.000000338. The van der Waals surface area contributed by atoms with Gasteiger partial charge in [-0.05, 0) is 61.4 Å². The number of carboxylic acid groups (broad SMARTS) is 1. The van der Waals surface area contributed by atoms with Crippen molar-refractivity contribution in [3.8, 4) is 11.6 Å². The van der Waals surface area contributed by atoms with E-state index in [2.05, 4.69) is 24.9 Å². The number of nitrogens with zero attached hydrogens (tertiary/aromatic N) is 2. The van der Waals surface area contributed by atoms with Gasteiger partial charge in [0.05, 0.1) is 12.7 Å². The number of hydrogen-bond acceptors (Lipinski definition) is 7. The number of nitrogens with one attached hydrogen (secondary N) is 1. The van der Waals surface area contributed by atoms with Crippen LogP contribution in [0.3, 0.4) is 0 Å². The highest BCUT2D eigenvalue weighted by Crippen LogP contribution is 2.35. The average molecular weight is 507 g/mol. The zero-order chi connectivity index (χ0) is 26.1. The Kier molecular flexibility index (Phi) is 8.87. The third kappa shape index (κ3) is 7.72. The number of aromatic carboxylic acids is 1. The quantitative estimate of drug-likeness (QED) is 0.448. The van der Waals surface area contributed by atoms with Gasteiger partial charge in [-0.15, -0.1) is 13.2 Å². The van der Waals surface area contributed by atoms with Gasteiger partial charge in [-0.3, -0.25) is 0 Å². The van der Waals surface area contributed by atoms with Crippen molar-refractivity contribution in [3.05, 3.63) is 71.4 Å². The summed E-state index contributed by atoms with van der Waals surface area (Å²) in [5, 5.41) is 18.2. The van der Waals surface area contributed by atoms with Gasteiger partial charge in [0.25, 0.3) is 5.88 Å². The molecule has 2 N–H and O–H groups in total. The Hall–Kier alpha value is -4.09. The van der Waals surface area contributed by atoms with E-state index in [1.54, 1.807) is 42.5 Å². The Labute approximate surface area is 204 Å². The summed E-state index contributed by atoms with van der Waals surface area (Å²) in [5.74, 6) is -1.38. The zero-order valence-corrected chi connectivity index (χ0v) is 19.2. The van der Waals surface area contributed by atoms with Gasteiger partial charge >= 0.3 is 18.3 Å². The van der Waals surface area contributed by atoms with E-state index in [-0.39, 0.29) is 29.3 Å². The first-order valence-electron chi connectivity index (χ1n) is 11.0. The summed E-state index contributed by atoms with van der Waals surface area (Å²) in [4.78, 5) is 21.8. The van der Waals surface area contributed by atoms with Gasteiger partial charge in [0, 0.05) is 0 Å². The van der Waals surface area contributed by atoms with E-state index < -0.39 is 18.3 Å². The van der Waals surface area contributed by atoms with Crippen molar-refractivity contribution in [1.29, 1.82) is 0 Å². The van der Waals surface area contributed by atoms with Crippen molar-refractivity contribution in [1.82, 2.24) is 15.4 Å². The van der Waals surface area contributed by atoms with Crippen LogP contribution < -0.4 is 9.47 Å². The van der Waals surface area contributed by atoms with Crippen LogP contribution in [0, 0.1) is 0 Å². The predicted molar refractivity (Wildman–Crippen MR) is 120 cm³/mol. The van der Waals surface area contributed by atoms with Crippen molar-refractivity contribution >= 4 is 11.9 Å². The first-order chi connectivity index (χ1) is 17.2. The number of esters is 1. The number of aromatic amines is 1. The molecule has 0 amide bonds. The fourth-order valence-corrected chi connectivity index (χ4v) is 3.73. The summed E-state index contributed by atoms with van der Waals surface area (Å²) in [7, 11) is 1.25. The van der Waals surface area contributed by atoms with Gasteiger partial charge in [-0.25, -0.2) is 14.7 Å². The van der Waals surface area contributed by atoms with E-state index in [0.717, 1.165) is 31.2 Å². The number of H-pyrrole nitrogens is 1. The number of carboxylic acids is 1. The number of aromatic nitrogens is 3. The van der Waals surface area contributed by atoms with E-state index in [1.165, 1.54) is 19.2 Å². The van der Waals surface area contributed by atoms with E-state index in [1.807, 2.05) is 0 Å². The standard InChI is InChI=1S/C17H18F3N3O4.C7H6O2/c1-25-16(24)14-15(22-23-21-14)26-12-6-2-10(3-7-12)11-4-8-13(9-5-11)27-17(18,19)20;8-7(9)6-4-2-1-3-5-6/h4-5,8-10,12H,2-3,6-7H2,1H3,(H,21,22,23);1-5H,(H,8,9). The van der Waals surface area contributed by atoms with Gasteiger partial charge in [0.15, 0.2) is 0 Å². The maximum atomic E-state index is 12.2. The highest BCUT2D eigenvalue weighted by Gasteiger charge is 2.31. The molecule has 0 bridgehead atoms. The Bertz CT molecular complexity index is 1130. The van der Waals surface area contributed by atoms with E-state index >= 15 is 0 Å². The third-order valence-electron chi connectivity index (χ3n) is 5.46. The minimum atomic E-state index is -4.69. The monoisotopic (exact) mass is 507 g/mol. The predicted octanol–water partition coefficient (Wildman–Crippen LogP) is 4.98. The maximum absolute atomic E-state index is 12.2. The molecule has 4 rings (SSSR count). The zero-order valence-electron chi connectivity index (χ0n) is 19.2. The van der Waals surface area contributed by atoms with Crippen molar-refractivity contribution in [2.75, 3.05) is 7.11 Å². The Morgan fingerprint density at radius 1 is 1.00 bits per heavy atom. The lowest BCUT2D eigenvalue weighted by Gasteiger charge is -2.28. The van der Waals surface area contributed by atoms with Crippen LogP contribution >= 0.6 is 0 Å². The first-order valence-corrected chi connectivity index (χ1v) is 11.0. The second kappa shape index (κ2) is 12.0. The normalized spacial score (nSPS) is 17.3. The Morgan fingerprint density at radius 3 is 2.17 bits per heavy atom. The number of carbonyl (C=O) groups is 2. The molecule has 0 aliphatic heterocycles. The molecule has 1 fully saturated rings. The number of methoxy groups -OCH3 is 1. The van der Waals surface area contributed by atoms with Crippen LogP contribution in [0.15, 0.2) is 54.6 Å². The van der Waals surface area contributed by atoms with Crippen LogP contribution in [-0.4, -0.2) is 52.0 Å². The molecular weight excluding hydrogens is 483 g/mol. The van der Waals surface area contributed by atoms with Gasteiger partial charge in [0.1, 0.15) is 11.9 Å². The first kappa shape index (κ1) is 26.5. The van der Waals surface area contributed by atoms with Crippen molar-refractivity contribution in [3.63, 3.8) is 0 Å². The molecule has 12 heteroatoms. The van der Waals surface area contributed by atoms with Crippen LogP contribution in [0.5, 0.6) is 11.6 Å². The molecular formula is C24H24F3N3O6. The van der Waals surface area contributed by atoms with Crippen LogP contribution in [0.1, 0.15) is 58.0 Å². The molecule has 0 spiro atoms. The van der Waals surface area contributed by atoms with Gasteiger partial charge in [-0.2, -0.15) is 0 Å². The van der Waals surface area contributed by atoms with Gasteiger partial charge < -0.3 is 19.3 Å². The van der Waals surface area contributed by atoms with E-state index in [9.17, 15) is 22.8 Å². The molecule has 1 saturated carbocycles. The third-order valence-corrected chi connectivity index (χ3v) is 5.46. The number of alkyl halides is 3. The molecule has 1 aromatic heterocycles. The highest BCUT2D eigenvalue weighted by atomic mass is 19.4. The summed E-state index contributed by atoms with van der Waals surface area (Å²) in [5.41, 5.74) is 1.36. The topological polar surface area (TPSA) is 124 Å². The molecule has 1 aliphatic carbocycles. The number of carbonyl (C=O) groups excluding carboxylic acids is 1. The van der Waals surface area contributed by atoms with Gasteiger partial charge in [-0.1, -0.05) is 40.6 Å². The molecule has 192 valence electrons. The number of hydrogen-bond donors (Lipinski definition) is 2. The van der Waals surface area contributed by atoms with Crippen molar-refractivity contribution in [2.45, 2.75) is 44.1 Å². The molecule has 2 aromatic carbocycles. The van der Waals surface area contributed by atoms with E-state index in [0.29, 0.717) is 5.56 Å². The number of halogens is 3. The summed E-state index contributed by atoms with van der Waals surface area (Å²) >= 11 is 0. The molecule has 9 nitrogen and oxygen atoms in total. The molecule has 1 heterocycles. The number of ether oxygens (including phenoxy) is 3. The van der Waals surface area contributed by atoms with Crippen LogP contribution in [0.4, 0.5) is 13.2 Å². The molecule has 1 aliphatic rings. The maximum Gasteiger partial charge on any atom is 0.573 e. The lowest BCUT2D eigenvalue weighted by Crippen LogP contribution is -2.24. The van der Waals surface area contributed by atoms with Crippen molar-refractivity contribution in [2.24, 2.45) is 0 Å². The summed E-state index contributed by atoms with van der Waals surface area (Å²) in [6, 6.07) is 14.2. The smallest absolute Gasteiger partial charge is 0.478 e. The lowest BCUT2D eigenvalue weighted by atomic mass is 9.83. The van der Waals surface area contributed by atoms with Gasteiger partial charge in [0.2, 0.25) is 5.69 Å². The van der Waals surface area contributed by atoms with Crippen LogP contribution in [-0.2, 0) is 4.74 Å². The molecule has 0 saturated heterocycles. The summed E-state index contributed by atoms with van der Waals surface area (Å²) in [6.07, 6.45) is -1.77. The molecule has 36 heavy (non-hydrogen) atoms. The van der Waals surface area contributed by atoms with Crippen LogP contribution in [0.25, 0.3) is 0 Å². The summed E-state index contributed by atoms with van der Waals surface area (Å²) in [6.45, 7) is 0. The second-order valence-corrected chi connectivity index (χ2v) is 7.86. The minimum Gasteiger partial charge on any atom is -0.478 e. The largest absolute Gasteiger partial charge is 0.573 e. The molecule has 3 aromatic rings. The van der Waals surface area contributed by atoms with E-state index in [4.69, 9.17) is 9.84 Å². The highest BCUT2D eigenvalue weighted by molar-refractivity contribution is 5.89. The average Bonchev–Trinajstić information content (AvgIpc) is 3.32. The summed E-state index contributed by atoms with van der Waals surface area (Å²) < 4.78 is 50.9.